The zero-order valence-corrected chi connectivity index (χ0v) is 10.5. The highest BCUT2D eigenvalue weighted by atomic mass is 28.3. The van der Waals surface area contributed by atoms with E-state index in [2.05, 4.69) is 56.9 Å². The van der Waals surface area contributed by atoms with Gasteiger partial charge in [-0.1, -0.05) is 61.6 Å². The molecule has 0 fully saturated rings. The SMILES string of the molecule is C=C(Cc1ccccc1)[Si](C)(C)CC. The van der Waals surface area contributed by atoms with Crippen molar-refractivity contribution in [2.45, 2.75) is 32.5 Å². The molecule has 0 saturated heterocycles. The number of hydrogen-bond donors (Lipinski definition) is 0. The Morgan fingerprint density at radius 3 is 2.29 bits per heavy atom. The summed E-state index contributed by atoms with van der Waals surface area (Å²) in [4.78, 5) is 0. The van der Waals surface area contributed by atoms with Crippen LogP contribution in [0, 0.1) is 0 Å². The Balaban J connectivity index is 2.67. The number of allylic oxidation sites excluding steroid dienone is 1. The van der Waals surface area contributed by atoms with Crippen molar-refractivity contribution in [2.24, 2.45) is 0 Å². The Kier molecular flexibility index (Phi) is 3.70. The van der Waals surface area contributed by atoms with E-state index < -0.39 is 8.07 Å². The number of benzene rings is 1. The van der Waals surface area contributed by atoms with E-state index in [0.29, 0.717) is 0 Å². The van der Waals surface area contributed by atoms with Gasteiger partial charge >= 0.3 is 0 Å². The summed E-state index contributed by atoms with van der Waals surface area (Å²) >= 11 is 0. The lowest BCUT2D eigenvalue weighted by molar-refractivity contribution is 1.20. The summed E-state index contributed by atoms with van der Waals surface area (Å²) < 4.78 is 0. The third-order valence-corrected chi connectivity index (χ3v) is 6.96. The summed E-state index contributed by atoms with van der Waals surface area (Å²) in [5.41, 5.74) is 1.39. The molecule has 1 aromatic carbocycles. The molecule has 1 rings (SSSR count). The molecule has 0 bridgehead atoms. The molecule has 0 nitrogen and oxygen atoms in total. The highest BCUT2D eigenvalue weighted by Crippen LogP contribution is 2.21. The van der Waals surface area contributed by atoms with Crippen LogP contribution in [0.2, 0.25) is 19.1 Å². The second-order valence-corrected chi connectivity index (χ2v) is 9.69. The van der Waals surface area contributed by atoms with Gasteiger partial charge in [-0.05, 0) is 12.0 Å². The predicted molar refractivity (Wildman–Crippen MR) is 67.2 cm³/mol. The van der Waals surface area contributed by atoms with E-state index in [0.717, 1.165) is 6.42 Å². The van der Waals surface area contributed by atoms with Crippen molar-refractivity contribution in [2.75, 3.05) is 0 Å². The Bertz CT molecular complexity index is 298. The van der Waals surface area contributed by atoms with Gasteiger partial charge in [-0.3, -0.25) is 0 Å². The lowest BCUT2D eigenvalue weighted by atomic mass is 10.1. The maximum atomic E-state index is 4.25. The molecule has 0 amide bonds. The average molecular weight is 204 g/mol. The zero-order valence-electron chi connectivity index (χ0n) is 9.51. The Morgan fingerprint density at radius 2 is 1.79 bits per heavy atom. The van der Waals surface area contributed by atoms with Crippen LogP contribution in [0.5, 0.6) is 0 Å². The standard InChI is InChI=1S/C13H20Si/c1-5-14(3,4)12(2)11-13-9-7-6-8-10-13/h6-10H,2,5,11H2,1,3-4H3. The summed E-state index contributed by atoms with van der Waals surface area (Å²) in [6.45, 7) is 11.3. The minimum Gasteiger partial charge on any atom is -0.103 e. The first-order valence-corrected chi connectivity index (χ1v) is 8.49. The van der Waals surface area contributed by atoms with Crippen molar-refractivity contribution in [1.29, 1.82) is 0 Å². The molecule has 0 spiro atoms. The second kappa shape index (κ2) is 4.60. The molecule has 0 aromatic heterocycles. The Morgan fingerprint density at radius 1 is 1.21 bits per heavy atom. The Labute approximate surface area is 88.7 Å². The van der Waals surface area contributed by atoms with Gasteiger partial charge in [0.2, 0.25) is 0 Å². The molecule has 1 heteroatoms. The van der Waals surface area contributed by atoms with Crippen LogP contribution in [0.3, 0.4) is 0 Å². The molecule has 0 saturated carbocycles. The summed E-state index contributed by atoms with van der Waals surface area (Å²) in [7, 11) is -1.16. The van der Waals surface area contributed by atoms with E-state index in [4.69, 9.17) is 0 Å². The van der Waals surface area contributed by atoms with E-state index in [9.17, 15) is 0 Å². The average Bonchev–Trinajstić information content (AvgIpc) is 2.19. The molecule has 0 aliphatic carbocycles. The van der Waals surface area contributed by atoms with E-state index in [-0.39, 0.29) is 0 Å². The van der Waals surface area contributed by atoms with Gasteiger partial charge in [-0.2, -0.15) is 0 Å². The molecule has 0 aliphatic rings. The lowest BCUT2D eigenvalue weighted by Gasteiger charge is -2.23. The van der Waals surface area contributed by atoms with Crippen LogP contribution >= 0.6 is 0 Å². The fourth-order valence-electron chi connectivity index (χ4n) is 1.33. The van der Waals surface area contributed by atoms with Gasteiger partial charge in [0.05, 0.1) is 8.07 Å². The van der Waals surface area contributed by atoms with Crippen molar-refractivity contribution in [3.05, 3.63) is 47.7 Å². The molecule has 0 atom stereocenters. The van der Waals surface area contributed by atoms with E-state index in [1.807, 2.05) is 0 Å². The van der Waals surface area contributed by atoms with Crippen molar-refractivity contribution in [3.63, 3.8) is 0 Å². The van der Waals surface area contributed by atoms with Gasteiger partial charge in [-0.25, -0.2) is 0 Å². The van der Waals surface area contributed by atoms with Crippen LogP contribution in [-0.2, 0) is 6.42 Å². The predicted octanol–water partition coefficient (Wildman–Crippen LogP) is 4.05. The van der Waals surface area contributed by atoms with Crippen LogP contribution in [0.1, 0.15) is 12.5 Å². The van der Waals surface area contributed by atoms with Crippen LogP contribution < -0.4 is 0 Å². The third-order valence-electron chi connectivity index (χ3n) is 3.10. The monoisotopic (exact) mass is 204 g/mol. The van der Waals surface area contributed by atoms with Crippen LogP contribution in [0.15, 0.2) is 42.1 Å². The highest BCUT2D eigenvalue weighted by molar-refractivity contribution is 6.84. The van der Waals surface area contributed by atoms with Crippen molar-refractivity contribution < 1.29 is 0 Å². The highest BCUT2D eigenvalue weighted by Gasteiger charge is 2.21. The first-order valence-electron chi connectivity index (χ1n) is 5.28. The minimum atomic E-state index is -1.16. The smallest absolute Gasteiger partial charge is 0.0748 e. The van der Waals surface area contributed by atoms with Gasteiger partial charge in [0, 0.05) is 0 Å². The fraction of sp³-hybridized carbons (Fsp3) is 0.385. The van der Waals surface area contributed by atoms with Gasteiger partial charge in [-0.15, -0.1) is 6.58 Å². The number of hydrogen-bond acceptors (Lipinski definition) is 0. The summed E-state index contributed by atoms with van der Waals surface area (Å²) in [6.07, 6.45) is 1.06. The van der Waals surface area contributed by atoms with Gasteiger partial charge in [0.1, 0.15) is 0 Å². The normalized spacial score (nSPS) is 11.4. The molecule has 0 unspecified atom stereocenters. The molecule has 0 radical (unpaired) electrons. The van der Waals surface area contributed by atoms with Crippen LogP contribution in [0.25, 0.3) is 0 Å². The van der Waals surface area contributed by atoms with Gasteiger partial charge < -0.3 is 0 Å². The van der Waals surface area contributed by atoms with Crippen LogP contribution in [0.4, 0.5) is 0 Å². The van der Waals surface area contributed by atoms with E-state index in [1.54, 1.807) is 0 Å². The van der Waals surface area contributed by atoms with Crippen LogP contribution in [-0.4, -0.2) is 8.07 Å². The molecule has 0 heterocycles. The quantitative estimate of drug-likeness (QED) is 0.649. The molecule has 1 aromatic rings. The minimum absolute atomic E-state index is 1.06. The zero-order chi connectivity index (χ0) is 10.6. The van der Waals surface area contributed by atoms with Crippen molar-refractivity contribution in [3.8, 4) is 0 Å². The fourth-order valence-corrected chi connectivity index (χ4v) is 2.51. The van der Waals surface area contributed by atoms with Gasteiger partial charge in [0.15, 0.2) is 0 Å². The molecule has 0 aliphatic heterocycles. The summed E-state index contributed by atoms with van der Waals surface area (Å²) in [6, 6.07) is 11.9. The van der Waals surface area contributed by atoms with Crippen molar-refractivity contribution in [1.82, 2.24) is 0 Å². The molecular formula is C13H20Si. The summed E-state index contributed by atoms with van der Waals surface area (Å²) in [5.74, 6) is 0. The first kappa shape index (κ1) is 11.3. The van der Waals surface area contributed by atoms with Crippen molar-refractivity contribution >= 4 is 8.07 Å². The summed E-state index contributed by atoms with van der Waals surface area (Å²) in [5, 5.41) is 1.46. The third kappa shape index (κ3) is 2.84. The van der Waals surface area contributed by atoms with E-state index >= 15 is 0 Å². The van der Waals surface area contributed by atoms with Gasteiger partial charge in [0.25, 0.3) is 0 Å². The maximum absolute atomic E-state index is 4.25. The molecule has 0 N–H and O–H groups in total. The topological polar surface area (TPSA) is 0 Å². The Hall–Kier alpha value is -0.823. The lowest BCUT2D eigenvalue weighted by Crippen LogP contribution is -2.28. The molecule has 14 heavy (non-hydrogen) atoms. The molecule has 76 valence electrons. The first-order chi connectivity index (χ1) is 6.56. The van der Waals surface area contributed by atoms with E-state index in [1.165, 1.54) is 16.8 Å². The molecular weight excluding hydrogens is 184 g/mol. The largest absolute Gasteiger partial charge is 0.103 e. The number of rotatable bonds is 4. The second-order valence-electron chi connectivity index (χ2n) is 4.50. The maximum Gasteiger partial charge on any atom is 0.0748 e.